The van der Waals surface area contributed by atoms with Crippen molar-refractivity contribution in [3.8, 4) is 0 Å². The second-order valence-electron chi connectivity index (χ2n) is 3.32. The zero-order valence-corrected chi connectivity index (χ0v) is 9.07. The fourth-order valence-electron chi connectivity index (χ4n) is 1.44. The summed E-state index contributed by atoms with van der Waals surface area (Å²) >= 11 is 3.47. The summed E-state index contributed by atoms with van der Waals surface area (Å²) in [7, 11) is 4.55. The zero-order chi connectivity index (χ0) is 6.20. The van der Waals surface area contributed by atoms with Gasteiger partial charge < -0.3 is 21.5 Å². The van der Waals surface area contributed by atoms with Crippen LogP contribution >= 0.6 is 15.9 Å². The molecule has 1 rings (SSSR count). The standard InChI is InChI=1S/C6H13BrN.CH4.BrH/c1-8(2)4-6(3-7)5-8;;/h6H,3-5H2,1-2H3;1H4;1H/q+1;;/p-1. The van der Waals surface area contributed by atoms with Gasteiger partial charge in [-0.15, -0.1) is 0 Å². The van der Waals surface area contributed by atoms with E-state index < -0.39 is 0 Å². The van der Waals surface area contributed by atoms with Crippen molar-refractivity contribution < 1.29 is 21.5 Å². The van der Waals surface area contributed by atoms with E-state index in [1.165, 1.54) is 22.9 Å². The second kappa shape index (κ2) is 4.73. The Labute approximate surface area is 83.3 Å². The number of hydrogen-bond acceptors (Lipinski definition) is 0. The van der Waals surface area contributed by atoms with Gasteiger partial charge in [0.25, 0.3) is 0 Å². The number of nitrogens with zero attached hydrogens (tertiary/aromatic N) is 1. The number of likely N-dealkylation sites (tertiary alicyclic amines) is 1. The number of quaternary nitrogens is 1. The topological polar surface area (TPSA) is 0 Å². The summed E-state index contributed by atoms with van der Waals surface area (Å²) in [5.74, 6) is 0.949. The van der Waals surface area contributed by atoms with Crippen LogP contribution in [0.1, 0.15) is 7.43 Å². The predicted octanol–water partition coefficient (Wildman–Crippen LogP) is -1.27. The summed E-state index contributed by atoms with van der Waals surface area (Å²) in [6.07, 6.45) is 0. The van der Waals surface area contributed by atoms with Gasteiger partial charge in [0, 0.05) is 5.33 Å². The highest BCUT2D eigenvalue weighted by Gasteiger charge is 2.35. The van der Waals surface area contributed by atoms with Crippen molar-refractivity contribution >= 4 is 15.9 Å². The van der Waals surface area contributed by atoms with Crippen LogP contribution < -0.4 is 17.0 Å². The molecule has 0 atom stereocenters. The van der Waals surface area contributed by atoms with Gasteiger partial charge in [0.15, 0.2) is 0 Å². The molecule has 1 nitrogen and oxygen atoms in total. The zero-order valence-electron chi connectivity index (χ0n) is 5.90. The van der Waals surface area contributed by atoms with Crippen LogP contribution in [0.5, 0.6) is 0 Å². The van der Waals surface area contributed by atoms with E-state index in [9.17, 15) is 0 Å². The van der Waals surface area contributed by atoms with Crippen molar-refractivity contribution in [1.82, 2.24) is 0 Å². The Morgan fingerprint density at radius 2 is 1.80 bits per heavy atom. The number of halogens is 2. The van der Waals surface area contributed by atoms with Crippen molar-refractivity contribution in [2.45, 2.75) is 7.43 Å². The summed E-state index contributed by atoms with van der Waals surface area (Å²) in [6, 6.07) is 0. The normalized spacial score (nSPS) is 21.9. The van der Waals surface area contributed by atoms with Gasteiger partial charge in [0.1, 0.15) is 0 Å². The van der Waals surface area contributed by atoms with E-state index in [0.717, 1.165) is 5.92 Å². The van der Waals surface area contributed by atoms with Gasteiger partial charge >= 0.3 is 0 Å². The van der Waals surface area contributed by atoms with E-state index >= 15 is 0 Å². The van der Waals surface area contributed by atoms with E-state index in [1.54, 1.807) is 0 Å². The largest absolute Gasteiger partial charge is 1.00 e. The third kappa shape index (κ3) is 3.35. The number of alkyl halides is 1. The van der Waals surface area contributed by atoms with Crippen molar-refractivity contribution in [1.29, 1.82) is 0 Å². The first-order chi connectivity index (χ1) is 3.64. The van der Waals surface area contributed by atoms with Crippen molar-refractivity contribution in [3.05, 3.63) is 0 Å². The predicted molar refractivity (Wildman–Crippen MR) is 45.9 cm³/mol. The molecule has 1 aliphatic heterocycles. The van der Waals surface area contributed by atoms with Gasteiger partial charge in [0.05, 0.1) is 33.1 Å². The fraction of sp³-hybridized carbons (Fsp3) is 1.00. The molecule has 10 heavy (non-hydrogen) atoms. The maximum atomic E-state index is 3.47. The summed E-state index contributed by atoms with van der Waals surface area (Å²) in [4.78, 5) is 0. The van der Waals surface area contributed by atoms with Gasteiger partial charge in [-0.1, -0.05) is 23.4 Å². The van der Waals surface area contributed by atoms with Crippen LogP contribution in [0.3, 0.4) is 0 Å². The Bertz CT molecular complexity index is 85.6. The fourth-order valence-corrected chi connectivity index (χ4v) is 1.85. The lowest BCUT2D eigenvalue weighted by Crippen LogP contribution is -3.00. The Hall–Kier alpha value is 0.920. The lowest BCUT2D eigenvalue weighted by Gasteiger charge is -2.43. The van der Waals surface area contributed by atoms with Crippen LogP contribution in [0.15, 0.2) is 0 Å². The van der Waals surface area contributed by atoms with E-state index in [-0.39, 0.29) is 24.4 Å². The minimum atomic E-state index is 0. The molecule has 64 valence electrons. The summed E-state index contributed by atoms with van der Waals surface area (Å²) in [5.41, 5.74) is 0. The van der Waals surface area contributed by atoms with Crippen LogP contribution in [-0.2, 0) is 0 Å². The molecule has 1 saturated heterocycles. The third-order valence-corrected chi connectivity index (χ3v) is 2.64. The number of rotatable bonds is 1. The summed E-state index contributed by atoms with van der Waals surface area (Å²) in [5, 5.41) is 1.19. The summed E-state index contributed by atoms with van der Waals surface area (Å²) in [6.45, 7) is 2.70. The molecule has 3 heteroatoms. The monoisotopic (exact) mass is 273 g/mol. The summed E-state index contributed by atoms with van der Waals surface area (Å²) < 4.78 is 1.22. The highest BCUT2D eigenvalue weighted by Crippen LogP contribution is 2.21. The van der Waals surface area contributed by atoms with Crippen LogP contribution in [0.25, 0.3) is 0 Å². The molecular formula is C7H17Br2N. The molecule has 0 N–H and O–H groups in total. The second-order valence-corrected chi connectivity index (χ2v) is 3.97. The molecule has 1 fully saturated rings. The minimum absolute atomic E-state index is 0. The molecule has 0 radical (unpaired) electrons. The molecule has 0 aliphatic carbocycles. The molecule has 0 spiro atoms. The van der Waals surface area contributed by atoms with Crippen molar-refractivity contribution in [2.24, 2.45) is 5.92 Å². The number of hydrogen-bond donors (Lipinski definition) is 0. The van der Waals surface area contributed by atoms with E-state index in [0.29, 0.717) is 0 Å². The maximum absolute atomic E-state index is 3.47. The molecule has 0 amide bonds. The molecule has 1 heterocycles. The van der Waals surface area contributed by atoms with Crippen LogP contribution in [-0.4, -0.2) is 37.0 Å². The van der Waals surface area contributed by atoms with E-state index in [2.05, 4.69) is 30.0 Å². The first kappa shape index (κ1) is 13.5. The molecule has 0 saturated carbocycles. The molecule has 0 bridgehead atoms. The Morgan fingerprint density at radius 1 is 1.40 bits per heavy atom. The van der Waals surface area contributed by atoms with E-state index in [1.807, 2.05) is 0 Å². The Morgan fingerprint density at radius 3 is 1.90 bits per heavy atom. The van der Waals surface area contributed by atoms with Gasteiger partial charge in [-0.3, -0.25) is 0 Å². The highest BCUT2D eigenvalue weighted by molar-refractivity contribution is 9.09. The van der Waals surface area contributed by atoms with E-state index in [4.69, 9.17) is 0 Å². The maximum Gasteiger partial charge on any atom is 0.0874 e. The third-order valence-electron chi connectivity index (χ3n) is 1.72. The highest BCUT2D eigenvalue weighted by atomic mass is 79.9. The average molecular weight is 275 g/mol. The van der Waals surface area contributed by atoms with Gasteiger partial charge in [-0.05, 0) is 0 Å². The Balaban J connectivity index is 0. The average Bonchev–Trinajstić information content (AvgIpc) is 1.60. The van der Waals surface area contributed by atoms with Crippen LogP contribution in [0.4, 0.5) is 0 Å². The molecule has 0 aromatic heterocycles. The van der Waals surface area contributed by atoms with Crippen LogP contribution in [0.2, 0.25) is 0 Å². The quantitative estimate of drug-likeness (QED) is 0.413. The lowest BCUT2D eigenvalue weighted by molar-refractivity contribution is -0.937. The Kier molecular flexibility index (Phi) is 6.39. The molecule has 0 unspecified atom stereocenters. The minimum Gasteiger partial charge on any atom is -1.00 e. The first-order valence-corrected chi connectivity index (χ1v) is 4.14. The molecule has 0 aromatic rings. The van der Waals surface area contributed by atoms with Crippen molar-refractivity contribution in [2.75, 3.05) is 32.5 Å². The van der Waals surface area contributed by atoms with Crippen molar-refractivity contribution in [3.63, 3.8) is 0 Å². The molecule has 1 aliphatic rings. The van der Waals surface area contributed by atoms with Gasteiger partial charge in [-0.25, -0.2) is 0 Å². The first-order valence-electron chi connectivity index (χ1n) is 3.02. The molecular weight excluding hydrogens is 258 g/mol. The van der Waals surface area contributed by atoms with Gasteiger partial charge in [-0.2, -0.15) is 0 Å². The van der Waals surface area contributed by atoms with Crippen LogP contribution in [0, 0.1) is 5.92 Å². The smallest absolute Gasteiger partial charge is 0.0874 e. The van der Waals surface area contributed by atoms with Gasteiger partial charge in [0.2, 0.25) is 0 Å². The SMILES string of the molecule is C.C[N+]1(C)CC(CBr)C1.[Br-]. The molecule has 0 aromatic carbocycles. The lowest BCUT2D eigenvalue weighted by atomic mass is 10.0.